The van der Waals surface area contributed by atoms with Gasteiger partial charge in [-0.25, -0.2) is 0 Å². The zero-order chi connectivity index (χ0) is 16.2. The number of aromatic nitrogens is 5. The van der Waals surface area contributed by atoms with Gasteiger partial charge in [-0.1, -0.05) is 36.9 Å². The fourth-order valence-electron chi connectivity index (χ4n) is 2.22. The predicted molar refractivity (Wildman–Crippen MR) is 90.9 cm³/mol. The molecule has 2 aromatic heterocycles. The van der Waals surface area contributed by atoms with Crippen molar-refractivity contribution in [1.82, 2.24) is 25.0 Å². The Labute approximate surface area is 143 Å². The van der Waals surface area contributed by atoms with E-state index in [1.807, 2.05) is 6.92 Å². The van der Waals surface area contributed by atoms with Crippen LogP contribution in [0, 0.1) is 0 Å². The van der Waals surface area contributed by atoms with E-state index < -0.39 is 0 Å². The summed E-state index contributed by atoms with van der Waals surface area (Å²) >= 11 is 2.84. The van der Waals surface area contributed by atoms with E-state index in [9.17, 15) is 4.79 Å². The number of aryl methyl sites for hydroxylation is 1. The van der Waals surface area contributed by atoms with Crippen molar-refractivity contribution in [3.63, 3.8) is 0 Å². The molecule has 0 radical (unpaired) electrons. The van der Waals surface area contributed by atoms with E-state index >= 15 is 0 Å². The maximum atomic E-state index is 12.1. The maximum absolute atomic E-state index is 12.1. The number of nitrogens with zero attached hydrogens (tertiary/aromatic N) is 5. The smallest absolute Gasteiger partial charge is 0.236 e. The van der Waals surface area contributed by atoms with Gasteiger partial charge in [-0.15, -0.1) is 20.4 Å². The molecule has 0 aliphatic heterocycles. The molecule has 1 N–H and O–H groups in total. The van der Waals surface area contributed by atoms with E-state index in [1.54, 1.807) is 0 Å². The Morgan fingerprint density at radius 2 is 2.13 bits per heavy atom. The minimum Gasteiger partial charge on any atom is -0.306 e. The van der Waals surface area contributed by atoms with Crippen LogP contribution in [0.3, 0.4) is 0 Å². The molecule has 1 aliphatic carbocycles. The predicted octanol–water partition coefficient (Wildman–Crippen LogP) is 2.71. The highest BCUT2D eigenvalue weighted by atomic mass is 32.2. The number of amides is 1. The lowest BCUT2D eigenvalue weighted by atomic mass is 10.4. The van der Waals surface area contributed by atoms with Crippen LogP contribution in [0.25, 0.3) is 0 Å². The number of carbonyl (C=O) groups excluding carboxylic acids is 1. The Morgan fingerprint density at radius 1 is 1.30 bits per heavy atom. The second-order valence-electron chi connectivity index (χ2n) is 5.46. The molecule has 9 heteroatoms. The van der Waals surface area contributed by atoms with E-state index in [1.165, 1.54) is 35.9 Å². The van der Waals surface area contributed by atoms with Gasteiger partial charge in [-0.05, 0) is 25.7 Å². The highest BCUT2D eigenvalue weighted by Gasteiger charge is 2.30. The van der Waals surface area contributed by atoms with Crippen molar-refractivity contribution < 1.29 is 4.79 Å². The summed E-state index contributed by atoms with van der Waals surface area (Å²) in [5, 5.41) is 21.6. The maximum Gasteiger partial charge on any atom is 0.236 e. The van der Waals surface area contributed by atoms with Crippen LogP contribution in [0.2, 0.25) is 0 Å². The molecule has 2 heterocycles. The molecule has 2 aromatic rings. The van der Waals surface area contributed by atoms with Crippen LogP contribution in [-0.2, 0) is 17.8 Å². The lowest BCUT2D eigenvalue weighted by Gasteiger charge is -2.07. The summed E-state index contributed by atoms with van der Waals surface area (Å²) in [6.45, 7) is 5.05. The SMILES string of the molecule is CCCn1c(SCC(=O)Nc2nnc(CC)s2)nnc1C1CC1. The Kier molecular flexibility index (Phi) is 5.27. The standard InChI is InChI=1S/C14H20N6OS2/c1-3-7-20-12(9-5-6-9)17-19-14(20)22-8-10(21)15-13-18-16-11(4-2)23-13/h9H,3-8H2,1-2H3,(H,15,18,21). The van der Waals surface area contributed by atoms with Gasteiger partial charge >= 0.3 is 0 Å². The Hall–Kier alpha value is -1.48. The van der Waals surface area contributed by atoms with Crippen LogP contribution in [0.1, 0.15) is 49.9 Å². The minimum absolute atomic E-state index is 0.0900. The Balaban J connectivity index is 1.58. The number of anilines is 1. The lowest BCUT2D eigenvalue weighted by molar-refractivity contribution is -0.113. The lowest BCUT2D eigenvalue weighted by Crippen LogP contribution is -2.14. The van der Waals surface area contributed by atoms with Gasteiger partial charge in [0.2, 0.25) is 11.0 Å². The van der Waals surface area contributed by atoms with Crippen molar-refractivity contribution in [1.29, 1.82) is 0 Å². The highest BCUT2D eigenvalue weighted by Crippen LogP contribution is 2.40. The molecule has 1 saturated carbocycles. The van der Waals surface area contributed by atoms with Crippen molar-refractivity contribution >= 4 is 34.1 Å². The fraction of sp³-hybridized carbons (Fsp3) is 0.643. The van der Waals surface area contributed by atoms with Gasteiger partial charge in [0, 0.05) is 12.5 Å². The molecule has 0 unspecified atom stereocenters. The molecule has 23 heavy (non-hydrogen) atoms. The third-order valence-electron chi connectivity index (χ3n) is 3.48. The molecule has 124 valence electrons. The molecule has 7 nitrogen and oxygen atoms in total. The zero-order valence-electron chi connectivity index (χ0n) is 13.3. The van der Waals surface area contributed by atoms with E-state index in [-0.39, 0.29) is 5.91 Å². The van der Waals surface area contributed by atoms with Gasteiger partial charge in [0.1, 0.15) is 10.8 Å². The average molecular weight is 352 g/mol. The van der Waals surface area contributed by atoms with Crippen LogP contribution in [0.5, 0.6) is 0 Å². The largest absolute Gasteiger partial charge is 0.306 e. The number of hydrogen-bond donors (Lipinski definition) is 1. The number of hydrogen-bond acceptors (Lipinski definition) is 7. The van der Waals surface area contributed by atoms with Crippen LogP contribution in [-0.4, -0.2) is 36.6 Å². The number of nitrogens with one attached hydrogen (secondary N) is 1. The van der Waals surface area contributed by atoms with Gasteiger partial charge in [0.05, 0.1) is 5.75 Å². The van der Waals surface area contributed by atoms with Gasteiger partial charge < -0.3 is 4.57 Å². The van der Waals surface area contributed by atoms with E-state index in [2.05, 4.69) is 37.2 Å². The minimum atomic E-state index is -0.0900. The van der Waals surface area contributed by atoms with Gasteiger partial charge in [-0.2, -0.15) is 0 Å². The fourth-order valence-corrected chi connectivity index (χ4v) is 3.68. The normalized spacial score (nSPS) is 14.2. The van der Waals surface area contributed by atoms with E-state index in [0.717, 1.165) is 35.4 Å². The molecule has 0 aromatic carbocycles. The van der Waals surface area contributed by atoms with Crippen molar-refractivity contribution in [2.24, 2.45) is 0 Å². The first-order valence-electron chi connectivity index (χ1n) is 7.89. The molecule has 3 rings (SSSR count). The molecule has 0 bridgehead atoms. The Morgan fingerprint density at radius 3 is 2.78 bits per heavy atom. The summed E-state index contributed by atoms with van der Waals surface area (Å²) in [6, 6.07) is 0. The summed E-state index contributed by atoms with van der Waals surface area (Å²) < 4.78 is 2.16. The van der Waals surface area contributed by atoms with Crippen LogP contribution >= 0.6 is 23.1 Å². The second kappa shape index (κ2) is 7.39. The molecule has 0 saturated heterocycles. The zero-order valence-corrected chi connectivity index (χ0v) is 14.9. The quantitative estimate of drug-likeness (QED) is 0.735. The third kappa shape index (κ3) is 4.08. The van der Waals surface area contributed by atoms with Crippen molar-refractivity contribution in [2.45, 2.75) is 57.1 Å². The first-order chi connectivity index (χ1) is 11.2. The molecular formula is C14H20N6OS2. The summed E-state index contributed by atoms with van der Waals surface area (Å²) in [5.41, 5.74) is 0. The third-order valence-corrected chi connectivity index (χ3v) is 5.43. The second-order valence-corrected chi connectivity index (χ2v) is 7.46. The molecule has 1 aliphatic rings. The number of rotatable bonds is 8. The molecule has 1 amide bonds. The van der Waals surface area contributed by atoms with Crippen molar-refractivity contribution in [3.05, 3.63) is 10.8 Å². The van der Waals surface area contributed by atoms with Gasteiger partial charge in [-0.3, -0.25) is 10.1 Å². The topological polar surface area (TPSA) is 85.6 Å². The number of carbonyl (C=O) groups is 1. The summed E-state index contributed by atoms with van der Waals surface area (Å²) in [6.07, 6.45) is 4.25. The van der Waals surface area contributed by atoms with Gasteiger partial charge in [0.15, 0.2) is 5.16 Å². The van der Waals surface area contributed by atoms with E-state index in [4.69, 9.17) is 0 Å². The molecule has 0 spiro atoms. The molecular weight excluding hydrogens is 332 g/mol. The average Bonchev–Trinajstić information content (AvgIpc) is 3.16. The van der Waals surface area contributed by atoms with Crippen LogP contribution in [0.15, 0.2) is 5.16 Å². The first-order valence-corrected chi connectivity index (χ1v) is 9.69. The Bertz CT molecular complexity index is 679. The molecule has 0 atom stereocenters. The number of thioether (sulfide) groups is 1. The summed E-state index contributed by atoms with van der Waals surface area (Å²) in [4.78, 5) is 12.1. The highest BCUT2D eigenvalue weighted by molar-refractivity contribution is 7.99. The summed E-state index contributed by atoms with van der Waals surface area (Å²) in [7, 11) is 0. The van der Waals surface area contributed by atoms with Gasteiger partial charge in [0.25, 0.3) is 0 Å². The summed E-state index contributed by atoms with van der Waals surface area (Å²) in [5.74, 6) is 1.85. The van der Waals surface area contributed by atoms with Crippen molar-refractivity contribution in [2.75, 3.05) is 11.1 Å². The first kappa shape index (κ1) is 16.4. The monoisotopic (exact) mass is 352 g/mol. The van der Waals surface area contributed by atoms with Crippen LogP contribution < -0.4 is 5.32 Å². The van der Waals surface area contributed by atoms with E-state index in [0.29, 0.717) is 16.8 Å². The van der Waals surface area contributed by atoms with Crippen LogP contribution in [0.4, 0.5) is 5.13 Å². The molecule has 1 fully saturated rings. The van der Waals surface area contributed by atoms with Crippen molar-refractivity contribution in [3.8, 4) is 0 Å².